The summed E-state index contributed by atoms with van der Waals surface area (Å²) in [5, 5.41) is 17.4. The van der Waals surface area contributed by atoms with E-state index in [0.717, 1.165) is 11.6 Å². The van der Waals surface area contributed by atoms with Crippen LogP contribution in [-0.2, 0) is 16.5 Å². The topological polar surface area (TPSA) is 88.8 Å². The van der Waals surface area contributed by atoms with Gasteiger partial charge in [-0.1, -0.05) is 6.07 Å². The highest BCUT2D eigenvalue weighted by molar-refractivity contribution is 6.00. The Balaban J connectivity index is 1.76. The van der Waals surface area contributed by atoms with Gasteiger partial charge in [0.15, 0.2) is 5.65 Å². The molecule has 31 heavy (non-hydrogen) atoms. The number of nitrogens with one attached hydrogen (secondary N) is 1. The maximum atomic E-state index is 14.8. The minimum atomic E-state index is -4.73. The minimum Gasteiger partial charge on any atom is -0.388 e. The maximum Gasteiger partial charge on any atom is 0.416 e. The van der Waals surface area contributed by atoms with E-state index in [2.05, 4.69) is 15.4 Å². The Morgan fingerprint density at radius 2 is 2.13 bits per heavy atom. The van der Waals surface area contributed by atoms with Crippen LogP contribution in [0.15, 0.2) is 36.8 Å². The quantitative estimate of drug-likeness (QED) is 0.614. The van der Waals surface area contributed by atoms with Crippen molar-refractivity contribution in [2.24, 2.45) is 0 Å². The standard InChI is InChI=1S/C20H18F4N4O3/c1-11-7-25-17-13(8-26-28(17)9-11)18(30)27-19(4-5-31-10-16(19)29)14-3-2-12(6-15(14)21)20(22,23)24/h2-3,6-9,16,29H,4-5,10H2,1H3,(H,27,30)/t16-,19?/m1/s1. The van der Waals surface area contributed by atoms with Crippen molar-refractivity contribution in [3.63, 3.8) is 0 Å². The van der Waals surface area contributed by atoms with Gasteiger partial charge in [-0.3, -0.25) is 4.79 Å². The molecule has 2 atom stereocenters. The lowest BCUT2D eigenvalue weighted by Gasteiger charge is -2.42. The van der Waals surface area contributed by atoms with Gasteiger partial charge in [0.05, 0.1) is 23.9 Å². The number of carbonyl (C=O) groups is 1. The molecule has 1 saturated heterocycles. The Morgan fingerprint density at radius 3 is 2.81 bits per heavy atom. The highest BCUT2D eigenvalue weighted by atomic mass is 19.4. The zero-order valence-electron chi connectivity index (χ0n) is 16.3. The van der Waals surface area contributed by atoms with Crippen molar-refractivity contribution in [1.82, 2.24) is 19.9 Å². The van der Waals surface area contributed by atoms with E-state index in [1.165, 1.54) is 10.7 Å². The van der Waals surface area contributed by atoms with Crippen LogP contribution < -0.4 is 5.32 Å². The second kappa shape index (κ2) is 7.57. The molecule has 0 aliphatic carbocycles. The number of alkyl halides is 3. The number of halogens is 4. The Labute approximate surface area is 173 Å². The number of aromatic nitrogens is 3. The summed E-state index contributed by atoms with van der Waals surface area (Å²) >= 11 is 0. The monoisotopic (exact) mass is 438 g/mol. The van der Waals surface area contributed by atoms with Crippen molar-refractivity contribution >= 4 is 11.6 Å². The minimum absolute atomic E-state index is 0.0477. The normalized spacial score (nSPS) is 21.9. The number of amides is 1. The average Bonchev–Trinajstić information content (AvgIpc) is 3.12. The summed E-state index contributed by atoms with van der Waals surface area (Å²) in [5.74, 6) is -1.89. The van der Waals surface area contributed by atoms with Gasteiger partial charge in [-0.2, -0.15) is 18.3 Å². The van der Waals surface area contributed by atoms with Gasteiger partial charge in [0, 0.05) is 31.0 Å². The molecule has 164 valence electrons. The summed E-state index contributed by atoms with van der Waals surface area (Å²) in [5.41, 5.74) is -1.99. The molecule has 7 nitrogen and oxygen atoms in total. The Kier molecular flexibility index (Phi) is 5.18. The molecule has 0 radical (unpaired) electrons. The summed E-state index contributed by atoms with van der Waals surface area (Å²) in [6, 6.07) is 2.00. The van der Waals surface area contributed by atoms with Crippen molar-refractivity contribution in [2.45, 2.75) is 31.2 Å². The van der Waals surface area contributed by atoms with E-state index in [1.54, 1.807) is 19.3 Å². The third-order valence-electron chi connectivity index (χ3n) is 5.33. The van der Waals surface area contributed by atoms with Gasteiger partial charge < -0.3 is 15.2 Å². The Bertz CT molecular complexity index is 1150. The van der Waals surface area contributed by atoms with Gasteiger partial charge in [0.1, 0.15) is 17.5 Å². The van der Waals surface area contributed by atoms with Crippen LogP contribution in [0.1, 0.15) is 33.5 Å². The van der Waals surface area contributed by atoms with E-state index in [4.69, 9.17) is 4.74 Å². The molecular weight excluding hydrogens is 420 g/mol. The lowest BCUT2D eigenvalue weighted by Crippen LogP contribution is -2.58. The summed E-state index contributed by atoms with van der Waals surface area (Å²) in [7, 11) is 0. The van der Waals surface area contributed by atoms with Crippen LogP contribution in [0, 0.1) is 12.7 Å². The molecule has 0 bridgehead atoms. The zero-order chi connectivity index (χ0) is 22.4. The Hall–Kier alpha value is -3.05. The van der Waals surface area contributed by atoms with E-state index in [-0.39, 0.29) is 36.4 Å². The molecular formula is C20H18F4N4O3. The van der Waals surface area contributed by atoms with Gasteiger partial charge >= 0.3 is 6.18 Å². The molecule has 0 saturated carbocycles. The number of fused-ring (bicyclic) bond motifs is 1. The Morgan fingerprint density at radius 1 is 1.35 bits per heavy atom. The van der Waals surface area contributed by atoms with Gasteiger partial charge in [-0.15, -0.1) is 0 Å². The maximum absolute atomic E-state index is 14.8. The SMILES string of the molecule is Cc1cnc2c(C(=O)NC3(c4ccc(C(F)(F)F)cc4F)CCOC[C@H]3O)cnn2c1. The lowest BCUT2D eigenvalue weighted by atomic mass is 9.79. The van der Waals surface area contributed by atoms with Crippen molar-refractivity contribution in [3.05, 3.63) is 64.9 Å². The molecule has 0 spiro atoms. The predicted molar refractivity (Wildman–Crippen MR) is 99.7 cm³/mol. The van der Waals surface area contributed by atoms with Gasteiger partial charge in [-0.25, -0.2) is 13.9 Å². The number of benzene rings is 1. The van der Waals surface area contributed by atoms with E-state index in [1.807, 2.05) is 0 Å². The fourth-order valence-electron chi connectivity index (χ4n) is 3.72. The van der Waals surface area contributed by atoms with Crippen LogP contribution in [0.2, 0.25) is 0 Å². The van der Waals surface area contributed by atoms with Crippen LogP contribution in [0.4, 0.5) is 17.6 Å². The number of aryl methyl sites for hydroxylation is 1. The van der Waals surface area contributed by atoms with Crippen LogP contribution in [-0.4, -0.2) is 44.9 Å². The van der Waals surface area contributed by atoms with Gasteiger partial charge in [0.25, 0.3) is 5.91 Å². The molecule has 1 unspecified atom stereocenters. The number of rotatable bonds is 3. The molecule has 2 N–H and O–H groups in total. The van der Waals surface area contributed by atoms with Crippen molar-refractivity contribution in [3.8, 4) is 0 Å². The van der Waals surface area contributed by atoms with Crippen molar-refractivity contribution in [2.75, 3.05) is 13.2 Å². The molecule has 1 aromatic carbocycles. The fourth-order valence-corrected chi connectivity index (χ4v) is 3.72. The van der Waals surface area contributed by atoms with E-state index < -0.39 is 35.1 Å². The third kappa shape index (κ3) is 3.74. The van der Waals surface area contributed by atoms with Crippen molar-refractivity contribution < 1.29 is 32.2 Å². The second-order valence-corrected chi connectivity index (χ2v) is 7.42. The summed E-state index contributed by atoms with van der Waals surface area (Å²) in [6.07, 6.45) is -1.69. The van der Waals surface area contributed by atoms with Gasteiger partial charge in [0.2, 0.25) is 0 Å². The molecule has 11 heteroatoms. The molecule has 1 aliphatic heterocycles. The van der Waals surface area contributed by atoms with E-state index in [9.17, 15) is 27.5 Å². The predicted octanol–water partition coefficient (Wildman–Crippen LogP) is 2.60. The van der Waals surface area contributed by atoms with Crippen LogP contribution >= 0.6 is 0 Å². The molecule has 1 fully saturated rings. The van der Waals surface area contributed by atoms with E-state index >= 15 is 0 Å². The molecule has 3 heterocycles. The summed E-state index contributed by atoms with van der Waals surface area (Å²) < 4.78 is 60.3. The first-order chi connectivity index (χ1) is 14.6. The summed E-state index contributed by atoms with van der Waals surface area (Å²) in [4.78, 5) is 17.3. The van der Waals surface area contributed by atoms with E-state index in [0.29, 0.717) is 12.1 Å². The largest absolute Gasteiger partial charge is 0.416 e. The zero-order valence-corrected chi connectivity index (χ0v) is 16.3. The number of hydrogen-bond acceptors (Lipinski definition) is 5. The molecule has 3 aromatic rings. The molecule has 2 aromatic heterocycles. The average molecular weight is 438 g/mol. The first-order valence-electron chi connectivity index (χ1n) is 9.37. The smallest absolute Gasteiger partial charge is 0.388 e. The number of aliphatic hydroxyl groups excluding tert-OH is 1. The highest BCUT2D eigenvalue weighted by Crippen LogP contribution is 2.37. The first-order valence-corrected chi connectivity index (χ1v) is 9.37. The molecule has 1 amide bonds. The van der Waals surface area contributed by atoms with Crippen molar-refractivity contribution in [1.29, 1.82) is 0 Å². The summed E-state index contributed by atoms with van der Waals surface area (Å²) in [6.45, 7) is 1.63. The first kappa shape index (κ1) is 21.2. The third-order valence-corrected chi connectivity index (χ3v) is 5.33. The van der Waals surface area contributed by atoms with Crippen LogP contribution in [0.5, 0.6) is 0 Å². The van der Waals surface area contributed by atoms with Crippen LogP contribution in [0.3, 0.4) is 0 Å². The van der Waals surface area contributed by atoms with Crippen LogP contribution in [0.25, 0.3) is 5.65 Å². The highest BCUT2D eigenvalue weighted by Gasteiger charge is 2.46. The fraction of sp³-hybridized carbons (Fsp3) is 0.350. The number of ether oxygens (including phenoxy) is 1. The molecule has 1 aliphatic rings. The second-order valence-electron chi connectivity index (χ2n) is 7.42. The number of aliphatic hydroxyl groups is 1. The number of nitrogens with zero attached hydrogens (tertiary/aromatic N) is 3. The number of hydrogen-bond donors (Lipinski definition) is 2. The molecule has 4 rings (SSSR count). The number of carbonyl (C=O) groups excluding carboxylic acids is 1. The lowest BCUT2D eigenvalue weighted by molar-refractivity contribution is -0.137. The van der Waals surface area contributed by atoms with Gasteiger partial charge in [-0.05, 0) is 24.6 Å².